The van der Waals surface area contributed by atoms with Crippen molar-refractivity contribution in [2.24, 2.45) is 0 Å². The number of rotatable bonds is 6. The average molecular weight is 416 g/mol. The molecule has 3 aromatic rings. The molecule has 31 heavy (non-hydrogen) atoms. The predicted molar refractivity (Wildman–Crippen MR) is 117 cm³/mol. The minimum absolute atomic E-state index is 0.102. The fourth-order valence-corrected chi connectivity index (χ4v) is 3.75. The number of carbonyl (C=O) groups is 2. The van der Waals surface area contributed by atoms with Crippen LogP contribution in [-0.4, -0.2) is 18.9 Å². The van der Waals surface area contributed by atoms with E-state index >= 15 is 0 Å². The van der Waals surface area contributed by atoms with Crippen molar-refractivity contribution in [3.63, 3.8) is 0 Å². The van der Waals surface area contributed by atoms with Crippen molar-refractivity contribution in [2.45, 2.75) is 25.3 Å². The summed E-state index contributed by atoms with van der Waals surface area (Å²) in [4.78, 5) is 25.9. The Morgan fingerprint density at radius 3 is 2.61 bits per heavy atom. The highest BCUT2D eigenvalue weighted by Gasteiger charge is 2.24. The molecule has 0 bridgehead atoms. The summed E-state index contributed by atoms with van der Waals surface area (Å²) in [6.07, 6.45) is 5.90. The summed E-state index contributed by atoms with van der Waals surface area (Å²) in [7, 11) is 1.56. The van der Waals surface area contributed by atoms with Crippen molar-refractivity contribution in [1.82, 2.24) is 10.6 Å². The molecule has 0 aliphatic heterocycles. The third kappa shape index (κ3) is 4.86. The van der Waals surface area contributed by atoms with E-state index in [4.69, 9.17) is 9.15 Å². The Morgan fingerprint density at radius 2 is 1.87 bits per heavy atom. The molecule has 6 heteroatoms. The fourth-order valence-electron chi connectivity index (χ4n) is 3.75. The second kappa shape index (κ2) is 9.34. The van der Waals surface area contributed by atoms with Crippen LogP contribution < -0.4 is 15.4 Å². The van der Waals surface area contributed by atoms with Crippen LogP contribution in [0.5, 0.6) is 5.75 Å². The number of aryl methyl sites for hydroxylation is 1. The van der Waals surface area contributed by atoms with Crippen molar-refractivity contribution in [1.29, 1.82) is 0 Å². The molecule has 0 spiro atoms. The van der Waals surface area contributed by atoms with E-state index in [0.717, 1.165) is 24.8 Å². The highest BCUT2D eigenvalue weighted by atomic mass is 16.5. The molecule has 0 radical (unpaired) electrons. The largest absolute Gasteiger partial charge is 0.497 e. The van der Waals surface area contributed by atoms with Crippen LogP contribution in [0.15, 0.2) is 77.0 Å². The topological polar surface area (TPSA) is 80.6 Å². The van der Waals surface area contributed by atoms with Crippen LogP contribution in [0.2, 0.25) is 0 Å². The normalized spacial score (nSPS) is 15.6. The van der Waals surface area contributed by atoms with Crippen molar-refractivity contribution < 1.29 is 18.7 Å². The first-order valence-corrected chi connectivity index (χ1v) is 10.2. The van der Waals surface area contributed by atoms with E-state index in [9.17, 15) is 9.59 Å². The molecule has 1 unspecified atom stereocenters. The maximum Gasteiger partial charge on any atom is 0.268 e. The van der Waals surface area contributed by atoms with Gasteiger partial charge in [0, 0.05) is 11.6 Å². The monoisotopic (exact) mass is 416 g/mol. The third-order valence-electron chi connectivity index (χ3n) is 5.35. The summed E-state index contributed by atoms with van der Waals surface area (Å²) in [6.45, 7) is 0. The molecule has 6 nitrogen and oxygen atoms in total. The van der Waals surface area contributed by atoms with Gasteiger partial charge in [0.1, 0.15) is 17.2 Å². The number of fused-ring (bicyclic) bond motifs is 1. The number of furan rings is 1. The lowest BCUT2D eigenvalue weighted by atomic mass is 9.87. The molecule has 1 aliphatic carbocycles. The van der Waals surface area contributed by atoms with Crippen LogP contribution >= 0.6 is 0 Å². The van der Waals surface area contributed by atoms with Gasteiger partial charge in [0.2, 0.25) is 0 Å². The van der Waals surface area contributed by atoms with E-state index in [2.05, 4.69) is 16.7 Å². The van der Waals surface area contributed by atoms with Gasteiger partial charge in [-0.15, -0.1) is 0 Å². The van der Waals surface area contributed by atoms with Gasteiger partial charge in [-0.25, -0.2) is 0 Å². The van der Waals surface area contributed by atoms with Gasteiger partial charge in [0.15, 0.2) is 0 Å². The summed E-state index contributed by atoms with van der Waals surface area (Å²) in [5.41, 5.74) is 2.92. The molecule has 1 aromatic heterocycles. The molecule has 1 atom stereocenters. The molecule has 0 saturated carbocycles. The van der Waals surface area contributed by atoms with Gasteiger partial charge in [0.25, 0.3) is 11.8 Å². The second-order valence-corrected chi connectivity index (χ2v) is 7.37. The number of hydrogen-bond acceptors (Lipinski definition) is 4. The number of amides is 2. The Kier molecular flexibility index (Phi) is 6.17. The first kappa shape index (κ1) is 20.5. The van der Waals surface area contributed by atoms with Gasteiger partial charge in [-0.3, -0.25) is 9.59 Å². The first-order chi connectivity index (χ1) is 15.1. The van der Waals surface area contributed by atoms with E-state index in [1.165, 1.54) is 17.9 Å². The maximum atomic E-state index is 13.2. The zero-order valence-electron chi connectivity index (χ0n) is 17.3. The molecule has 0 fully saturated rings. The zero-order valence-corrected chi connectivity index (χ0v) is 17.3. The predicted octanol–water partition coefficient (Wildman–Crippen LogP) is 4.25. The minimum atomic E-state index is -0.389. The molecule has 2 amide bonds. The van der Waals surface area contributed by atoms with Crippen LogP contribution in [0, 0.1) is 0 Å². The van der Waals surface area contributed by atoms with E-state index < -0.39 is 0 Å². The SMILES string of the molecule is COc1ccc(C(=O)N/C(=C\c2ccco2)C(=O)NC2CCCc3ccccc32)cc1. The summed E-state index contributed by atoms with van der Waals surface area (Å²) >= 11 is 0. The third-order valence-corrected chi connectivity index (χ3v) is 5.35. The van der Waals surface area contributed by atoms with E-state index in [1.807, 2.05) is 18.2 Å². The number of benzene rings is 2. The maximum absolute atomic E-state index is 13.2. The lowest BCUT2D eigenvalue weighted by Crippen LogP contribution is -2.37. The van der Waals surface area contributed by atoms with Crippen molar-refractivity contribution in [3.8, 4) is 5.75 Å². The number of carbonyl (C=O) groups excluding carboxylic acids is 2. The van der Waals surface area contributed by atoms with Crippen molar-refractivity contribution in [2.75, 3.05) is 7.11 Å². The Hall–Kier alpha value is -3.80. The molecule has 4 rings (SSSR count). The van der Waals surface area contributed by atoms with Crippen LogP contribution in [0.1, 0.15) is 46.1 Å². The summed E-state index contributed by atoms with van der Waals surface area (Å²) < 4.78 is 10.5. The fraction of sp³-hybridized carbons (Fsp3) is 0.200. The Morgan fingerprint density at radius 1 is 1.06 bits per heavy atom. The highest BCUT2D eigenvalue weighted by molar-refractivity contribution is 6.05. The summed E-state index contributed by atoms with van der Waals surface area (Å²) in [5.74, 6) is 0.375. The van der Waals surface area contributed by atoms with Gasteiger partial charge in [-0.05, 0) is 66.8 Å². The van der Waals surface area contributed by atoms with Gasteiger partial charge in [0.05, 0.1) is 19.4 Å². The summed E-state index contributed by atoms with van der Waals surface area (Å²) in [6, 6.07) is 18.2. The zero-order chi connectivity index (χ0) is 21.6. The lowest BCUT2D eigenvalue weighted by Gasteiger charge is -2.26. The molecule has 2 aromatic carbocycles. The average Bonchev–Trinajstić information content (AvgIpc) is 3.32. The van der Waals surface area contributed by atoms with Crippen LogP contribution in [-0.2, 0) is 11.2 Å². The highest BCUT2D eigenvalue weighted by Crippen LogP contribution is 2.29. The van der Waals surface area contributed by atoms with Crippen LogP contribution in [0.25, 0.3) is 6.08 Å². The van der Waals surface area contributed by atoms with Crippen LogP contribution in [0.3, 0.4) is 0 Å². The Bertz CT molecular complexity index is 1080. The molecule has 1 heterocycles. The van der Waals surface area contributed by atoms with Gasteiger partial charge < -0.3 is 19.8 Å². The van der Waals surface area contributed by atoms with E-state index in [0.29, 0.717) is 17.1 Å². The van der Waals surface area contributed by atoms with Crippen LogP contribution in [0.4, 0.5) is 0 Å². The van der Waals surface area contributed by atoms with Gasteiger partial charge in [-0.2, -0.15) is 0 Å². The quantitative estimate of drug-likeness (QED) is 0.589. The molecule has 0 saturated heterocycles. The summed E-state index contributed by atoms with van der Waals surface area (Å²) in [5, 5.41) is 5.81. The number of ether oxygens (including phenoxy) is 1. The number of methoxy groups -OCH3 is 1. The lowest BCUT2D eigenvalue weighted by molar-refractivity contribution is -0.118. The first-order valence-electron chi connectivity index (χ1n) is 10.2. The Balaban J connectivity index is 1.55. The van der Waals surface area contributed by atoms with E-state index in [1.54, 1.807) is 43.5 Å². The number of nitrogens with one attached hydrogen (secondary N) is 2. The van der Waals surface area contributed by atoms with Gasteiger partial charge in [-0.1, -0.05) is 24.3 Å². The number of hydrogen-bond donors (Lipinski definition) is 2. The molecular formula is C25H24N2O4. The van der Waals surface area contributed by atoms with Gasteiger partial charge >= 0.3 is 0 Å². The minimum Gasteiger partial charge on any atom is -0.497 e. The molecule has 2 N–H and O–H groups in total. The van der Waals surface area contributed by atoms with E-state index in [-0.39, 0.29) is 23.6 Å². The molecule has 158 valence electrons. The second-order valence-electron chi connectivity index (χ2n) is 7.37. The van der Waals surface area contributed by atoms with Crippen molar-refractivity contribution >= 4 is 17.9 Å². The smallest absolute Gasteiger partial charge is 0.268 e. The molecular weight excluding hydrogens is 392 g/mol. The Labute approximate surface area is 180 Å². The van der Waals surface area contributed by atoms with Crippen molar-refractivity contribution in [3.05, 3.63) is 95.1 Å². The molecule has 1 aliphatic rings. The standard InChI is InChI=1S/C25H24N2O4/c1-30-19-13-11-18(12-14-19)24(28)27-23(16-20-8-5-15-31-20)25(29)26-22-10-4-7-17-6-2-3-9-21(17)22/h2-3,5-6,8-9,11-16,22H,4,7,10H2,1H3,(H,26,29)(H,27,28)/b23-16-.